The van der Waals surface area contributed by atoms with Gasteiger partial charge in [0.1, 0.15) is 10.6 Å². The van der Waals surface area contributed by atoms with Crippen molar-refractivity contribution in [2.75, 3.05) is 49.4 Å². The maximum atomic E-state index is 12.9. The number of methoxy groups -OCH3 is 1. The smallest absolute Gasteiger partial charge is 0.255 e. The van der Waals surface area contributed by atoms with E-state index in [2.05, 4.69) is 10.2 Å². The number of nitrogens with one attached hydrogen (secondary N) is 1. The predicted molar refractivity (Wildman–Crippen MR) is 136 cm³/mol. The first-order chi connectivity index (χ1) is 16.7. The molecule has 0 bridgehead atoms. The quantitative estimate of drug-likeness (QED) is 0.446. The molecule has 0 atom stereocenters. The van der Waals surface area contributed by atoms with E-state index >= 15 is 0 Å². The summed E-state index contributed by atoms with van der Waals surface area (Å²) in [4.78, 5) is 15.0. The van der Waals surface area contributed by atoms with E-state index < -0.39 is 10.0 Å². The lowest BCUT2D eigenvalue weighted by molar-refractivity contribution is 0.102. The monoisotopic (exact) mass is 496 g/mol. The number of morpholine rings is 1. The number of amides is 1. The van der Waals surface area contributed by atoms with Gasteiger partial charge < -0.3 is 25.4 Å². The zero-order chi connectivity index (χ0) is 25.2. The Kier molecular flexibility index (Phi) is 6.97. The molecule has 1 heterocycles. The third-order valence-corrected chi connectivity index (χ3v) is 6.83. The number of hydrogen-bond donors (Lipinski definition) is 3. The van der Waals surface area contributed by atoms with Gasteiger partial charge in [-0.25, -0.2) is 13.6 Å². The fourth-order valence-corrected chi connectivity index (χ4v) is 4.81. The Morgan fingerprint density at radius 1 is 1.03 bits per heavy atom. The van der Waals surface area contributed by atoms with Gasteiger partial charge in [0.15, 0.2) is 0 Å². The lowest BCUT2D eigenvalue weighted by atomic mass is 9.96. The second-order valence-corrected chi connectivity index (χ2v) is 9.80. The number of benzene rings is 3. The van der Waals surface area contributed by atoms with Gasteiger partial charge in [-0.2, -0.15) is 0 Å². The molecule has 5 N–H and O–H groups in total. The number of sulfonamides is 1. The number of anilines is 3. The van der Waals surface area contributed by atoms with Crippen LogP contribution in [0.1, 0.15) is 15.9 Å². The number of carbonyl (C=O) groups is 1. The van der Waals surface area contributed by atoms with E-state index in [4.69, 9.17) is 20.3 Å². The van der Waals surface area contributed by atoms with Crippen molar-refractivity contribution in [2.45, 2.75) is 11.8 Å². The van der Waals surface area contributed by atoms with Crippen LogP contribution in [0.25, 0.3) is 11.1 Å². The highest BCUT2D eigenvalue weighted by atomic mass is 32.2. The predicted octanol–water partition coefficient (Wildman–Crippen LogP) is 2.99. The SMILES string of the molecule is COc1cc(NC(=O)c2ccc(-c3ccc(N)cc3N3CCOCC3)c(C)c2)ccc1S(N)(=O)=O. The summed E-state index contributed by atoms with van der Waals surface area (Å²) in [5.41, 5.74) is 11.6. The van der Waals surface area contributed by atoms with Crippen LogP contribution in [0.15, 0.2) is 59.5 Å². The van der Waals surface area contributed by atoms with E-state index in [9.17, 15) is 13.2 Å². The van der Waals surface area contributed by atoms with Crippen LogP contribution in [-0.2, 0) is 14.8 Å². The van der Waals surface area contributed by atoms with Crippen LogP contribution in [0.2, 0.25) is 0 Å². The van der Waals surface area contributed by atoms with E-state index in [0.717, 1.165) is 35.5 Å². The average molecular weight is 497 g/mol. The Labute approximate surface area is 204 Å². The molecule has 3 aromatic carbocycles. The van der Waals surface area contributed by atoms with Crippen LogP contribution in [-0.4, -0.2) is 47.7 Å². The molecule has 0 spiro atoms. The summed E-state index contributed by atoms with van der Waals surface area (Å²) in [5, 5.41) is 7.98. The maximum Gasteiger partial charge on any atom is 0.255 e. The fourth-order valence-electron chi connectivity index (χ4n) is 4.13. The van der Waals surface area contributed by atoms with Crippen molar-refractivity contribution < 1.29 is 22.7 Å². The van der Waals surface area contributed by atoms with Crippen LogP contribution >= 0.6 is 0 Å². The molecule has 3 aromatic rings. The van der Waals surface area contributed by atoms with Gasteiger partial charge in [-0.3, -0.25) is 4.79 Å². The van der Waals surface area contributed by atoms with Crippen LogP contribution in [0.4, 0.5) is 17.1 Å². The minimum Gasteiger partial charge on any atom is -0.495 e. The highest BCUT2D eigenvalue weighted by Crippen LogP contribution is 2.35. The molecule has 1 saturated heterocycles. The van der Waals surface area contributed by atoms with Crippen molar-refractivity contribution in [3.63, 3.8) is 0 Å². The topological polar surface area (TPSA) is 137 Å². The van der Waals surface area contributed by atoms with Gasteiger partial charge in [-0.15, -0.1) is 0 Å². The second kappa shape index (κ2) is 9.95. The van der Waals surface area contributed by atoms with Crippen molar-refractivity contribution in [1.29, 1.82) is 0 Å². The molecule has 9 nitrogen and oxygen atoms in total. The standard InChI is InChI=1S/C25H28N4O5S/c1-16-13-17(25(30)28-19-5-8-24(35(27,31)32)23(15-19)33-2)3-6-20(16)21-7-4-18(26)14-22(21)29-9-11-34-12-10-29/h3-8,13-15H,9-12,26H2,1-2H3,(H,28,30)(H2,27,31,32). The van der Waals surface area contributed by atoms with Crippen LogP contribution in [0.5, 0.6) is 5.75 Å². The van der Waals surface area contributed by atoms with Crippen LogP contribution in [0.3, 0.4) is 0 Å². The molecule has 10 heteroatoms. The first-order valence-electron chi connectivity index (χ1n) is 11.0. The first-order valence-corrected chi connectivity index (χ1v) is 12.6. The van der Waals surface area contributed by atoms with Crippen LogP contribution in [0, 0.1) is 6.92 Å². The largest absolute Gasteiger partial charge is 0.495 e. The second-order valence-electron chi connectivity index (χ2n) is 8.27. The van der Waals surface area contributed by atoms with Crippen molar-refractivity contribution in [2.24, 2.45) is 5.14 Å². The molecule has 0 aromatic heterocycles. The highest BCUT2D eigenvalue weighted by molar-refractivity contribution is 7.89. The molecular formula is C25H28N4O5S. The van der Waals surface area contributed by atoms with Crippen molar-refractivity contribution >= 4 is 33.0 Å². The summed E-state index contributed by atoms with van der Waals surface area (Å²) in [6, 6.07) is 15.5. The van der Waals surface area contributed by atoms with Crippen molar-refractivity contribution in [3.05, 3.63) is 65.7 Å². The molecule has 1 aliphatic rings. The Balaban J connectivity index is 1.60. The summed E-state index contributed by atoms with van der Waals surface area (Å²) in [5.74, 6) is -0.286. The van der Waals surface area contributed by atoms with Crippen molar-refractivity contribution in [3.8, 4) is 16.9 Å². The maximum absolute atomic E-state index is 12.9. The lowest BCUT2D eigenvalue weighted by Crippen LogP contribution is -2.36. The van der Waals surface area contributed by atoms with E-state index in [1.807, 2.05) is 37.3 Å². The molecule has 1 amide bonds. The number of rotatable bonds is 6. The molecule has 1 fully saturated rings. The van der Waals surface area contributed by atoms with Gasteiger partial charge in [0.25, 0.3) is 5.91 Å². The van der Waals surface area contributed by atoms with E-state index in [1.165, 1.54) is 25.3 Å². The molecule has 0 saturated carbocycles. The normalized spacial score (nSPS) is 14.0. The highest BCUT2D eigenvalue weighted by Gasteiger charge is 2.19. The molecule has 184 valence electrons. The number of nitrogens with two attached hydrogens (primary N) is 2. The van der Waals surface area contributed by atoms with Gasteiger partial charge in [-0.1, -0.05) is 12.1 Å². The van der Waals surface area contributed by atoms with Crippen molar-refractivity contribution in [1.82, 2.24) is 0 Å². The molecule has 35 heavy (non-hydrogen) atoms. The Bertz CT molecular complexity index is 1370. The van der Waals surface area contributed by atoms with Gasteiger partial charge >= 0.3 is 0 Å². The molecule has 0 radical (unpaired) electrons. The van der Waals surface area contributed by atoms with Gasteiger partial charge in [0, 0.05) is 47.3 Å². The van der Waals surface area contributed by atoms with Crippen LogP contribution < -0.4 is 25.8 Å². The van der Waals surface area contributed by atoms with Gasteiger partial charge in [0.05, 0.1) is 20.3 Å². The Hall–Kier alpha value is -3.60. The van der Waals surface area contributed by atoms with Gasteiger partial charge in [-0.05, 0) is 54.4 Å². The summed E-state index contributed by atoms with van der Waals surface area (Å²) in [6.07, 6.45) is 0. The minimum atomic E-state index is -3.95. The third-order valence-electron chi connectivity index (χ3n) is 5.88. The number of ether oxygens (including phenoxy) is 2. The fraction of sp³-hybridized carbons (Fsp3) is 0.240. The number of carbonyl (C=O) groups excluding carboxylic acids is 1. The third kappa shape index (κ3) is 5.40. The molecular weight excluding hydrogens is 468 g/mol. The number of primary sulfonamides is 1. The Morgan fingerprint density at radius 2 is 1.74 bits per heavy atom. The number of nitrogen functional groups attached to an aromatic ring is 1. The zero-order valence-electron chi connectivity index (χ0n) is 19.6. The number of nitrogens with zero attached hydrogens (tertiary/aromatic N) is 1. The summed E-state index contributed by atoms with van der Waals surface area (Å²) >= 11 is 0. The lowest BCUT2D eigenvalue weighted by Gasteiger charge is -2.31. The molecule has 0 aliphatic carbocycles. The molecule has 0 unspecified atom stereocenters. The average Bonchev–Trinajstić information content (AvgIpc) is 2.84. The van der Waals surface area contributed by atoms with E-state index in [0.29, 0.717) is 30.2 Å². The van der Waals surface area contributed by atoms with Gasteiger partial charge in [0.2, 0.25) is 10.0 Å². The summed E-state index contributed by atoms with van der Waals surface area (Å²) in [7, 11) is -2.62. The zero-order valence-corrected chi connectivity index (χ0v) is 20.4. The summed E-state index contributed by atoms with van der Waals surface area (Å²) < 4.78 is 34.0. The number of aryl methyl sites for hydroxylation is 1. The first kappa shape index (κ1) is 24.5. The number of hydrogen-bond acceptors (Lipinski definition) is 7. The van der Waals surface area contributed by atoms with E-state index in [-0.39, 0.29) is 16.6 Å². The minimum absolute atomic E-state index is 0.0517. The molecule has 1 aliphatic heterocycles. The Morgan fingerprint density at radius 3 is 2.40 bits per heavy atom. The molecule has 4 rings (SSSR count). The summed E-state index contributed by atoms with van der Waals surface area (Å²) in [6.45, 7) is 4.84. The van der Waals surface area contributed by atoms with E-state index in [1.54, 1.807) is 6.07 Å².